The van der Waals surface area contributed by atoms with Gasteiger partial charge in [0.15, 0.2) is 5.06 Å². The van der Waals surface area contributed by atoms with Crippen LogP contribution in [0.25, 0.3) is 0 Å². The predicted octanol–water partition coefficient (Wildman–Crippen LogP) is 1.75. The smallest absolute Gasteiger partial charge is 0.395 e. The first-order valence-corrected chi connectivity index (χ1v) is 3.91. The van der Waals surface area contributed by atoms with Gasteiger partial charge in [0.25, 0.3) is 5.91 Å². The van der Waals surface area contributed by atoms with E-state index in [1.54, 1.807) is 0 Å². The van der Waals surface area contributed by atoms with Crippen LogP contribution < -0.4 is 10.5 Å². The second kappa shape index (κ2) is 3.25. The minimum absolute atomic E-state index is 0.262. The van der Waals surface area contributed by atoms with Crippen LogP contribution in [-0.4, -0.2) is 12.3 Å². The normalized spacial score (nSPS) is 11.3. The third-order valence-electron chi connectivity index (χ3n) is 1.10. The molecule has 0 fully saturated rings. The lowest BCUT2D eigenvalue weighted by atomic mass is 10.3. The molecular formula is C6H4F3NO2S. The SMILES string of the molecule is NC(=O)c1ccsc1OC(F)(F)F. The Morgan fingerprint density at radius 1 is 1.54 bits per heavy atom. The van der Waals surface area contributed by atoms with Crippen molar-refractivity contribution in [3.05, 3.63) is 17.0 Å². The van der Waals surface area contributed by atoms with Crippen LogP contribution in [0, 0.1) is 0 Å². The zero-order valence-electron chi connectivity index (χ0n) is 6.09. The summed E-state index contributed by atoms with van der Waals surface area (Å²) in [6, 6.07) is 1.17. The number of nitrogens with two attached hydrogens (primary N) is 1. The number of halogens is 3. The number of rotatable bonds is 2. The average molecular weight is 211 g/mol. The number of alkyl halides is 3. The largest absolute Gasteiger partial charge is 0.573 e. The molecule has 1 aromatic heterocycles. The summed E-state index contributed by atoms with van der Waals surface area (Å²) in [4.78, 5) is 10.6. The molecule has 0 aromatic carbocycles. The molecule has 0 atom stereocenters. The van der Waals surface area contributed by atoms with Gasteiger partial charge in [-0.05, 0) is 11.4 Å². The van der Waals surface area contributed by atoms with Gasteiger partial charge < -0.3 is 10.5 Å². The van der Waals surface area contributed by atoms with Crippen molar-refractivity contribution in [2.75, 3.05) is 0 Å². The summed E-state index contributed by atoms with van der Waals surface area (Å²) >= 11 is 0.662. The number of carbonyl (C=O) groups excluding carboxylic acids is 1. The minimum Gasteiger partial charge on any atom is -0.395 e. The van der Waals surface area contributed by atoms with Crippen LogP contribution >= 0.6 is 11.3 Å². The maximum atomic E-state index is 11.7. The van der Waals surface area contributed by atoms with Crippen molar-refractivity contribution in [3.63, 3.8) is 0 Å². The quantitative estimate of drug-likeness (QED) is 0.810. The molecule has 0 saturated carbocycles. The highest BCUT2D eigenvalue weighted by Gasteiger charge is 2.33. The van der Waals surface area contributed by atoms with E-state index in [0.29, 0.717) is 11.3 Å². The number of hydrogen-bond acceptors (Lipinski definition) is 3. The number of hydrogen-bond donors (Lipinski definition) is 1. The van der Waals surface area contributed by atoms with Gasteiger partial charge in [-0.2, -0.15) is 0 Å². The van der Waals surface area contributed by atoms with Gasteiger partial charge in [0.1, 0.15) is 0 Å². The number of thiophene rings is 1. The van der Waals surface area contributed by atoms with Crippen molar-refractivity contribution in [1.29, 1.82) is 0 Å². The van der Waals surface area contributed by atoms with E-state index >= 15 is 0 Å². The van der Waals surface area contributed by atoms with E-state index in [0.717, 1.165) is 0 Å². The van der Waals surface area contributed by atoms with E-state index in [-0.39, 0.29) is 5.56 Å². The Morgan fingerprint density at radius 3 is 2.62 bits per heavy atom. The Bertz CT molecular complexity index is 320. The van der Waals surface area contributed by atoms with Gasteiger partial charge in [0.2, 0.25) is 0 Å². The van der Waals surface area contributed by atoms with Gasteiger partial charge in [-0.3, -0.25) is 4.79 Å². The molecular weight excluding hydrogens is 207 g/mol. The molecule has 0 aliphatic heterocycles. The maximum Gasteiger partial charge on any atom is 0.573 e. The van der Waals surface area contributed by atoms with Crippen molar-refractivity contribution in [3.8, 4) is 5.06 Å². The van der Waals surface area contributed by atoms with Gasteiger partial charge in [0.05, 0.1) is 5.56 Å². The Kier molecular flexibility index (Phi) is 2.46. The van der Waals surface area contributed by atoms with Crippen LogP contribution in [0.15, 0.2) is 11.4 Å². The van der Waals surface area contributed by atoms with E-state index < -0.39 is 17.3 Å². The minimum atomic E-state index is -4.80. The highest BCUT2D eigenvalue weighted by atomic mass is 32.1. The van der Waals surface area contributed by atoms with E-state index in [4.69, 9.17) is 5.73 Å². The highest BCUT2D eigenvalue weighted by Crippen LogP contribution is 2.31. The van der Waals surface area contributed by atoms with Crippen molar-refractivity contribution in [1.82, 2.24) is 0 Å². The molecule has 2 N–H and O–H groups in total. The van der Waals surface area contributed by atoms with Gasteiger partial charge >= 0.3 is 6.36 Å². The number of ether oxygens (including phenoxy) is 1. The molecule has 3 nitrogen and oxygen atoms in total. The van der Waals surface area contributed by atoms with E-state index in [1.807, 2.05) is 0 Å². The number of carbonyl (C=O) groups is 1. The van der Waals surface area contributed by atoms with Crippen LogP contribution in [0.1, 0.15) is 10.4 Å². The first-order chi connectivity index (χ1) is 5.90. The Morgan fingerprint density at radius 2 is 2.15 bits per heavy atom. The third kappa shape index (κ3) is 2.62. The molecule has 72 valence electrons. The van der Waals surface area contributed by atoms with Gasteiger partial charge in [-0.15, -0.1) is 24.5 Å². The molecule has 1 heterocycles. The number of amides is 1. The summed E-state index contributed by atoms with van der Waals surface area (Å²) in [5.74, 6) is -0.944. The Balaban J connectivity index is 2.89. The molecule has 1 aromatic rings. The molecule has 0 spiro atoms. The maximum absolute atomic E-state index is 11.7. The molecule has 1 rings (SSSR count). The van der Waals surface area contributed by atoms with E-state index in [9.17, 15) is 18.0 Å². The first-order valence-electron chi connectivity index (χ1n) is 3.03. The molecule has 0 aliphatic rings. The van der Waals surface area contributed by atoms with Gasteiger partial charge in [-0.1, -0.05) is 0 Å². The fraction of sp³-hybridized carbons (Fsp3) is 0.167. The van der Waals surface area contributed by atoms with Crippen LogP contribution in [-0.2, 0) is 0 Å². The number of primary amides is 1. The fourth-order valence-electron chi connectivity index (χ4n) is 0.662. The molecule has 7 heteroatoms. The second-order valence-corrected chi connectivity index (χ2v) is 2.91. The van der Waals surface area contributed by atoms with Crippen LogP contribution in [0.3, 0.4) is 0 Å². The van der Waals surface area contributed by atoms with E-state index in [1.165, 1.54) is 11.4 Å². The second-order valence-electron chi connectivity index (χ2n) is 2.03. The van der Waals surface area contributed by atoms with Crippen molar-refractivity contribution in [2.24, 2.45) is 5.73 Å². The van der Waals surface area contributed by atoms with Crippen LogP contribution in [0.2, 0.25) is 0 Å². The molecule has 0 bridgehead atoms. The summed E-state index contributed by atoms with van der Waals surface area (Å²) in [6.07, 6.45) is -4.80. The summed E-state index contributed by atoms with van der Waals surface area (Å²) in [5.41, 5.74) is 4.54. The zero-order valence-corrected chi connectivity index (χ0v) is 6.91. The topological polar surface area (TPSA) is 52.3 Å². The van der Waals surface area contributed by atoms with Crippen molar-refractivity contribution >= 4 is 17.2 Å². The lowest BCUT2D eigenvalue weighted by molar-refractivity contribution is -0.273. The van der Waals surface area contributed by atoms with Crippen molar-refractivity contribution in [2.45, 2.75) is 6.36 Å². The molecule has 0 unspecified atom stereocenters. The van der Waals surface area contributed by atoms with E-state index in [2.05, 4.69) is 4.74 Å². The lowest BCUT2D eigenvalue weighted by Crippen LogP contribution is -2.19. The van der Waals surface area contributed by atoms with Crippen molar-refractivity contribution < 1.29 is 22.7 Å². The first kappa shape index (κ1) is 9.85. The molecule has 0 radical (unpaired) electrons. The Labute approximate surface area is 74.9 Å². The molecule has 0 saturated heterocycles. The molecule has 0 aliphatic carbocycles. The zero-order chi connectivity index (χ0) is 10.1. The Hall–Kier alpha value is -1.24. The monoisotopic (exact) mass is 211 g/mol. The summed E-state index contributed by atoms with van der Waals surface area (Å²) in [6.45, 7) is 0. The third-order valence-corrected chi connectivity index (χ3v) is 1.89. The summed E-state index contributed by atoms with van der Waals surface area (Å²) in [7, 11) is 0. The predicted molar refractivity (Wildman–Crippen MR) is 39.5 cm³/mol. The van der Waals surface area contributed by atoms with Gasteiger partial charge in [-0.25, -0.2) is 0 Å². The molecule has 1 amide bonds. The summed E-state index contributed by atoms with van der Waals surface area (Å²) in [5, 5.41) is 0.765. The fourth-order valence-corrected chi connectivity index (χ4v) is 1.43. The standard InChI is InChI=1S/C6H4F3NO2S/c7-6(8,9)12-5-3(4(10)11)1-2-13-5/h1-2H,(H2,10,11). The lowest BCUT2D eigenvalue weighted by Gasteiger charge is -2.06. The van der Waals surface area contributed by atoms with Crippen LogP contribution in [0.4, 0.5) is 13.2 Å². The van der Waals surface area contributed by atoms with Gasteiger partial charge in [0, 0.05) is 0 Å². The highest BCUT2D eigenvalue weighted by molar-refractivity contribution is 7.12. The summed E-state index contributed by atoms with van der Waals surface area (Å²) < 4.78 is 38.6. The van der Waals surface area contributed by atoms with Crippen LogP contribution in [0.5, 0.6) is 5.06 Å². The molecule has 13 heavy (non-hydrogen) atoms. The average Bonchev–Trinajstić information content (AvgIpc) is 2.31.